The van der Waals surface area contributed by atoms with Gasteiger partial charge in [-0.2, -0.15) is 8.78 Å². The van der Waals surface area contributed by atoms with Gasteiger partial charge in [0.2, 0.25) is 5.91 Å². The van der Waals surface area contributed by atoms with Gasteiger partial charge >= 0.3 is 0 Å². The maximum atomic E-state index is 15.0. The van der Waals surface area contributed by atoms with E-state index in [2.05, 4.69) is 20.6 Å². The van der Waals surface area contributed by atoms with Crippen LogP contribution in [0, 0.1) is 18.7 Å². The second-order valence-corrected chi connectivity index (χ2v) is 8.16. The summed E-state index contributed by atoms with van der Waals surface area (Å²) in [7, 11) is 0. The number of alkyl halides is 2. The zero-order valence-corrected chi connectivity index (χ0v) is 18.6. The van der Waals surface area contributed by atoms with E-state index in [-0.39, 0.29) is 23.2 Å². The lowest BCUT2D eigenvalue weighted by atomic mass is 9.96. The Labute approximate surface area is 189 Å². The van der Waals surface area contributed by atoms with Gasteiger partial charge in [0.1, 0.15) is 29.9 Å². The van der Waals surface area contributed by atoms with Crippen LogP contribution in [0.5, 0.6) is 0 Å². The highest BCUT2D eigenvalue weighted by molar-refractivity contribution is 5.89. The number of halogens is 3. The summed E-state index contributed by atoms with van der Waals surface area (Å²) in [5.41, 5.74) is -0.423. The first-order chi connectivity index (χ1) is 15.5. The number of aryl methyl sites for hydroxylation is 1. The first-order valence-electron chi connectivity index (χ1n) is 10.6. The Hall–Kier alpha value is -2.98. The molecule has 1 aliphatic carbocycles. The number of aliphatic hydroxyl groups is 2. The van der Waals surface area contributed by atoms with E-state index in [1.54, 1.807) is 13.8 Å². The third-order valence-electron chi connectivity index (χ3n) is 5.55. The van der Waals surface area contributed by atoms with E-state index in [9.17, 15) is 23.1 Å². The first-order valence-corrected chi connectivity index (χ1v) is 10.6. The molecule has 33 heavy (non-hydrogen) atoms. The van der Waals surface area contributed by atoms with E-state index < -0.39 is 36.1 Å². The number of aliphatic hydroxyl groups excluding tert-OH is 2. The number of nitrogens with one attached hydrogen (secondary N) is 2. The Kier molecular flexibility index (Phi) is 7.38. The normalized spacial score (nSPS) is 18.9. The molecule has 2 unspecified atom stereocenters. The van der Waals surface area contributed by atoms with Crippen molar-refractivity contribution in [2.24, 2.45) is 5.92 Å². The van der Waals surface area contributed by atoms with Crippen LogP contribution in [0.4, 0.5) is 24.8 Å². The number of hydrogen-bond donors (Lipinski definition) is 4. The van der Waals surface area contributed by atoms with Crippen molar-refractivity contribution in [1.29, 1.82) is 0 Å². The van der Waals surface area contributed by atoms with Crippen molar-refractivity contribution in [2.75, 3.05) is 17.2 Å². The number of nitrogens with zero attached hydrogens (tertiary/aromatic N) is 2. The fourth-order valence-electron chi connectivity index (χ4n) is 3.85. The number of anilines is 2. The van der Waals surface area contributed by atoms with Gasteiger partial charge in [-0.25, -0.2) is 14.4 Å². The fourth-order valence-corrected chi connectivity index (χ4v) is 3.85. The molecule has 0 saturated carbocycles. The van der Waals surface area contributed by atoms with E-state index in [1.165, 1.54) is 19.1 Å². The van der Waals surface area contributed by atoms with E-state index in [0.29, 0.717) is 30.0 Å². The topological polar surface area (TPSA) is 107 Å². The predicted molar refractivity (Wildman–Crippen MR) is 117 cm³/mol. The molecule has 1 heterocycles. The molecular weight excluding hydrogens is 437 g/mol. The van der Waals surface area contributed by atoms with Gasteiger partial charge in [-0.3, -0.25) is 4.79 Å². The molecule has 4 N–H and O–H groups in total. The summed E-state index contributed by atoms with van der Waals surface area (Å²) in [5, 5.41) is 24.9. The van der Waals surface area contributed by atoms with Crippen LogP contribution >= 0.6 is 0 Å². The van der Waals surface area contributed by atoms with Crippen molar-refractivity contribution < 1.29 is 28.2 Å². The van der Waals surface area contributed by atoms with Crippen LogP contribution in [-0.4, -0.2) is 38.8 Å². The lowest BCUT2D eigenvalue weighted by Gasteiger charge is -2.23. The average Bonchev–Trinajstić information content (AvgIpc) is 3.14. The molecule has 1 amide bonds. The molecule has 3 atom stereocenters. The zero-order valence-electron chi connectivity index (χ0n) is 18.6. The van der Waals surface area contributed by atoms with Crippen LogP contribution in [0.2, 0.25) is 0 Å². The fraction of sp³-hybridized carbons (Fsp3) is 0.435. The minimum atomic E-state index is -3.72. The SMILES string of the molecule is CC(=O)Nc1nc(C)nc(N[C@H](C)c2cccc(C(F)(F)CO)c2F)c1CC1C=CCC1O. The molecule has 0 fully saturated rings. The first kappa shape index (κ1) is 24.7. The van der Waals surface area contributed by atoms with E-state index >= 15 is 0 Å². The highest BCUT2D eigenvalue weighted by Gasteiger charge is 2.35. The van der Waals surface area contributed by atoms with Crippen molar-refractivity contribution in [2.45, 2.75) is 51.7 Å². The molecule has 0 saturated heterocycles. The number of benzene rings is 1. The predicted octanol–water partition coefficient (Wildman–Crippen LogP) is 3.62. The molecule has 0 aliphatic heterocycles. The zero-order chi connectivity index (χ0) is 24.3. The van der Waals surface area contributed by atoms with Gasteiger partial charge in [-0.1, -0.05) is 24.3 Å². The Bertz CT molecular complexity index is 1060. The molecular formula is C23H27F3N4O3. The summed E-state index contributed by atoms with van der Waals surface area (Å²) in [5.74, 6) is -4.53. The van der Waals surface area contributed by atoms with Crippen molar-refractivity contribution in [3.63, 3.8) is 0 Å². The summed E-state index contributed by atoms with van der Waals surface area (Å²) >= 11 is 0. The van der Waals surface area contributed by atoms with Gasteiger partial charge in [0.25, 0.3) is 5.92 Å². The van der Waals surface area contributed by atoms with Gasteiger partial charge in [0.05, 0.1) is 17.7 Å². The number of hydrogen-bond acceptors (Lipinski definition) is 6. The van der Waals surface area contributed by atoms with Crippen LogP contribution in [0.15, 0.2) is 30.4 Å². The molecule has 3 rings (SSSR count). The second kappa shape index (κ2) is 9.88. The maximum absolute atomic E-state index is 15.0. The van der Waals surface area contributed by atoms with Crippen molar-refractivity contribution in [3.8, 4) is 0 Å². The Morgan fingerprint density at radius 2 is 2.00 bits per heavy atom. The molecule has 1 aromatic heterocycles. The summed E-state index contributed by atoms with van der Waals surface area (Å²) in [6.45, 7) is 3.03. The molecule has 2 aromatic rings. The van der Waals surface area contributed by atoms with E-state index in [0.717, 1.165) is 6.07 Å². The van der Waals surface area contributed by atoms with Crippen molar-refractivity contribution in [3.05, 3.63) is 58.7 Å². The van der Waals surface area contributed by atoms with Crippen LogP contribution in [-0.2, 0) is 17.1 Å². The molecule has 10 heteroatoms. The molecule has 1 aromatic carbocycles. The summed E-state index contributed by atoms with van der Waals surface area (Å²) < 4.78 is 42.9. The smallest absolute Gasteiger partial charge is 0.298 e. The highest BCUT2D eigenvalue weighted by Crippen LogP contribution is 2.35. The minimum absolute atomic E-state index is 0.0373. The van der Waals surface area contributed by atoms with E-state index in [4.69, 9.17) is 5.11 Å². The molecule has 1 aliphatic rings. The monoisotopic (exact) mass is 464 g/mol. The molecule has 0 radical (unpaired) electrons. The number of carbonyl (C=O) groups excluding carboxylic acids is 1. The number of amides is 1. The Balaban J connectivity index is 2.00. The standard InChI is InChI=1S/C23H27F3N4O3/c1-12(16-7-5-8-18(20(16)24)23(25,26)11-31)27-21-17(10-15-6-4-9-19(15)33)22(30-14(3)32)29-13(2)28-21/h4-8,12,15,19,31,33H,9-11H2,1-3H3,(H2,27,28,29,30,32)/t12-,15?,19?/m1/s1. The Morgan fingerprint density at radius 1 is 1.30 bits per heavy atom. The number of rotatable bonds is 8. The van der Waals surface area contributed by atoms with Crippen LogP contribution < -0.4 is 10.6 Å². The molecule has 0 spiro atoms. The van der Waals surface area contributed by atoms with Crippen molar-refractivity contribution >= 4 is 17.5 Å². The van der Waals surface area contributed by atoms with Gasteiger partial charge in [0, 0.05) is 24.0 Å². The molecule has 0 bridgehead atoms. The quantitative estimate of drug-likeness (QED) is 0.445. The largest absolute Gasteiger partial charge is 0.392 e. The third kappa shape index (κ3) is 5.51. The van der Waals surface area contributed by atoms with Crippen LogP contribution in [0.3, 0.4) is 0 Å². The second-order valence-electron chi connectivity index (χ2n) is 8.16. The number of carbonyl (C=O) groups is 1. The van der Waals surface area contributed by atoms with Gasteiger partial charge in [0.15, 0.2) is 0 Å². The highest BCUT2D eigenvalue weighted by atomic mass is 19.3. The Morgan fingerprint density at radius 3 is 2.61 bits per heavy atom. The lowest BCUT2D eigenvalue weighted by Crippen LogP contribution is -2.23. The van der Waals surface area contributed by atoms with Gasteiger partial charge < -0.3 is 20.8 Å². The molecule has 7 nitrogen and oxygen atoms in total. The van der Waals surface area contributed by atoms with Crippen molar-refractivity contribution in [1.82, 2.24) is 9.97 Å². The third-order valence-corrected chi connectivity index (χ3v) is 5.55. The van der Waals surface area contributed by atoms with Crippen LogP contribution in [0.1, 0.15) is 48.8 Å². The maximum Gasteiger partial charge on any atom is 0.298 e. The lowest BCUT2D eigenvalue weighted by molar-refractivity contribution is -0.114. The molecule has 178 valence electrons. The van der Waals surface area contributed by atoms with Gasteiger partial charge in [-0.15, -0.1) is 0 Å². The summed E-state index contributed by atoms with van der Waals surface area (Å²) in [6.07, 6.45) is 3.93. The summed E-state index contributed by atoms with van der Waals surface area (Å²) in [4.78, 5) is 20.4. The summed E-state index contributed by atoms with van der Waals surface area (Å²) in [6, 6.07) is 2.81. The van der Waals surface area contributed by atoms with E-state index in [1.807, 2.05) is 12.2 Å². The number of aromatic nitrogens is 2. The minimum Gasteiger partial charge on any atom is -0.392 e. The van der Waals surface area contributed by atoms with Gasteiger partial charge in [-0.05, 0) is 32.8 Å². The average molecular weight is 464 g/mol. The van der Waals surface area contributed by atoms with Crippen LogP contribution in [0.25, 0.3) is 0 Å².